The van der Waals surface area contributed by atoms with Crippen molar-refractivity contribution in [2.75, 3.05) is 6.61 Å². The molecule has 22 heavy (non-hydrogen) atoms. The van der Waals surface area contributed by atoms with E-state index in [4.69, 9.17) is 16.3 Å². The largest absolute Gasteiger partial charge is 0.377 e. The standard InChI is InChI=1S/C19H22ClNO/c1-4-21-17-11-8-15(20)7-9-16(17)19-13(3)14(12-22-5-2)6-10-18(19)21/h6-11,15H,4-5,12H2,1-3H3. The summed E-state index contributed by atoms with van der Waals surface area (Å²) in [5.74, 6) is 0. The predicted molar refractivity (Wildman–Crippen MR) is 95.4 cm³/mol. The van der Waals surface area contributed by atoms with Crippen LogP contribution < -0.4 is 0 Å². The van der Waals surface area contributed by atoms with Gasteiger partial charge in [0, 0.05) is 35.3 Å². The van der Waals surface area contributed by atoms with Gasteiger partial charge < -0.3 is 9.30 Å². The topological polar surface area (TPSA) is 14.2 Å². The zero-order valence-electron chi connectivity index (χ0n) is 13.4. The summed E-state index contributed by atoms with van der Waals surface area (Å²) in [6.45, 7) is 8.76. The Morgan fingerprint density at radius 2 is 1.95 bits per heavy atom. The van der Waals surface area contributed by atoms with Crippen LogP contribution in [0.3, 0.4) is 0 Å². The zero-order chi connectivity index (χ0) is 15.7. The van der Waals surface area contributed by atoms with Crippen molar-refractivity contribution < 1.29 is 4.74 Å². The average molecular weight is 316 g/mol. The Balaban J connectivity index is 2.27. The molecular formula is C19H22ClNO. The van der Waals surface area contributed by atoms with Crippen LogP contribution >= 0.6 is 11.6 Å². The van der Waals surface area contributed by atoms with E-state index in [-0.39, 0.29) is 5.38 Å². The molecule has 1 aromatic heterocycles. The van der Waals surface area contributed by atoms with Crippen LogP contribution in [-0.2, 0) is 17.9 Å². The molecule has 0 bridgehead atoms. The summed E-state index contributed by atoms with van der Waals surface area (Å²) in [7, 11) is 0. The van der Waals surface area contributed by atoms with E-state index in [9.17, 15) is 0 Å². The number of allylic oxidation sites excluding steroid dienone is 2. The Labute approximate surface area is 137 Å². The van der Waals surface area contributed by atoms with Crippen molar-refractivity contribution in [2.24, 2.45) is 0 Å². The number of aryl methyl sites for hydroxylation is 2. The first-order chi connectivity index (χ1) is 10.7. The van der Waals surface area contributed by atoms with Crippen molar-refractivity contribution in [3.8, 4) is 0 Å². The average Bonchev–Trinajstić information content (AvgIpc) is 2.71. The second-order valence-electron chi connectivity index (χ2n) is 5.59. The van der Waals surface area contributed by atoms with Crippen molar-refractivity contribution in [3.05, 3.63) is 46.7 Å². The van der Waals surface area contributed by atoms with E-state index in [1.54, 1.807) is 0 Å². The number of fused-ring (bicyclic) bond motifs is 3. The molecule has 1 aliphatic carbocycles. The molecule has 3 heteroatoms. The summed E-state index contributed by atoms with van der Waals surface area (Å²) in [6, 6.07) is 4.41. The van der Waals surface area contributed by atoms with E-state index >= 15 is 0 Å². The maximum atomic E-state index is 6.25. The summed E-state index contributed by atoms with van der Waals surface area (Å²) in [5.41, 5.74) is 6.36. The van der Waals surface area contributed by atoms with Gasteiger partial charge in [-0.2, -0.15) is 0 Å². The van der Waals surface area contributed by atoms with Crippen LogP contribution in [-0.4, -0.2) is 16.6 Å². The molecular weight excluding hydrogens is 294 g/mol. The van der Waals surface area contributed by atoms with Gasteiger partial charge in [0.1, 0.15) is 0 Å². The lowest BCUT2D eigenvalue weighted by Gasteiger charge is -2.09. The minimum Gasteiger partial charge on any atom is -0.377 e. The monoisotopic (exact) mass is 315 g/mol. The molecule has 0 fully saturated rings. The van der Waals surface area contributed by atoms with Crippen LogP contribution in [0.25, 0.3) is 23.1 Å². The molecule has 3 rings (SSSR count). The van der Waals surface area contributed by atoms with E-state index in [1.807, 2.05) is 13.0 Å². The number of rotatable bonds is 4. The molecule has 1 atom stereocenters. The van der Waals surface area contributed by atoms with Crippen LogP contribution in [0.2, 0.25) is 0 Å². The van der Waals surface area contributed by atoms with Crippen molar-refractivity contribution in [2.45, 2.75) is 39.3 Å². The molecule has 0 amide bonds. The highest BCUT2D eigenvalue weighted by Gasteiger charge is 2.18. The normalized spacial score (nSPS) is 17.0. The van der Waals surface area contributed by atoms with E-state index in [1.165, 1.54) is 33.3 Å². The van der Waals surface area contributed by atoms with Gasteiger partial charge in [0.25, 0.3) is 0 Å². The molecule has 0 saturated carbocycles. The second kappa shape index (κ2) is 6.31. The lowest BCUT2D eigenvalue weighted by molar-refractivity contribution is 0.134. The second-order valence-corrected chi connectivity index (χ2v) is 6.09. The summed E-state index contributed by atoms with van der Waals surface area (Å²) >= 11 is 6.25. The quantitative estimate of drug-likeness (QED) is 0.711. The van der Waals surface area contributed by atoms with Gasteiger partial charge in [0.2, 0.25) is 0 Å². The Morgan fingerprint density at radius 3 is 2.68 bits per heavy atom. The lowest BCUT2D eigenvalue weighted by atomic mass is 10.0. The molecule has 0 N–H and O–H groups in total. The molecule has 2 aromatic rings. The van der Waals surface area contributed by atoms with Crippen LogP contribution in [0, 0.1) is 6.92 Å². The van der Waals surface area contributed by atoms with Crippen molar-refractivity contribution in [1.82, 2.24) is 4.57 Å². The van der Waals surface area contributed by atoms with Crippen LogP contribution in [0.5, 0.6) is 0 Å². The highest BCUT2D eigenvalue weighted by molar-refractivity contribution is 6.23. The fraction of sp³-hybridized carbons (Fsp3) is 0.368. The predicted octanol–water partition coefficient (Wildman–Crippen LogP) is 5.15. The first-order valence-corrected chi connectivity index (χ1v) is 8.33. The summed E-state index contributed by atoms with van der Waals surface area (Å²) in [6.07, 6.45) is 8.42. The number of ether oxygens (including phenoxy) is 1. The minimum atomic E-state index is -0.0420. The number of aromatic nitrogens is 1. The van der Waals surface area contributed by atoms with E-state index in [0.717, 1.165) is 13.2 Å². The fourth-order valence-corrected chi connectivity index (χ4v) is 3.35. The molecule has 0 saturated heterocycles. The number of hydrogen-bond donors (Lipinski definition) is 0. The molecule has 116 valence electrons. The molecule has 0 radical (unpaired) electrons. The number of halogens is 1. The molecule has 1 unspecified atom stereocenters. The van der Waals surface area contributed by atoms with Crippen LogP contribution in [0.1, 0.15) is 36.2 Å². The van der Waals surface area contributed by atoms with Gasteiger partial charge in [-0.15, -0.1) is 11.6 Å². The Bertz CT molecular complexity index is 755. The fourth-order valence-electron chi connectivity index (χ4n) is 3.20. The SMILES string of the molecule is CCOCc1ccc2c(c1C)c1c(n2CC)C=CC(Cl)C=C1. The third kappa shape index (κ3) is 2.51. The van der Waals surface area contributed by atoms with Gasteiger partial charge in [-0.25, -0.2) is 0 Å². The Morgan fingerprint density at radius 1 is 1.18 bits per heavy atom. The maximum Gasteiger partial charge on any atom is 0.0719 e. The lowest BCUT2D eigenvalue weighted by Crippen LogP contribution is -1.98. The number of alkyl halides is 1. The Kier molecular flexibility index (Phi) is 4.42. The van der Waals surface area contributed by atoms with Gasteiger partial charge in [-0.05, 0) is 44.0 Å². The first kappa shape index (κ1) is 15.4. The third-order valence-electron chi connectivity index (χ3n) is 4.34. The van der Waals surface area contributed by atoms with Crippen molar-refractivity contribution in [3.63, 3.8) is 0 Å². The zero-order valence-corrected chi connectivity index (χ0v) is 14.2. The summed E-state index contributed by atoms with van der Waals surface area (Å²) in [4.78, 5) is 0. The van der Waals surface area contributed by atoms with Gasteiger partial charge in [0.05, 0.1) is 12.0 Å². The molecule has 0 spiro atoms. The van der Waals surface area contributed by atoms with E-state index < -0.39 is 0 Å². The van der Waals surface area contributed by atoms with Gasteiger partial charge in [0.15, 0.2) is 0 Å². The third-order valence-corrected chi connectivity index (χ3v) is 4.64. The summed E-state index contributed by atoms with van der Waals surface area (Å²) in [5, 5.41) is 1.28. The molecule has 0 aliphatic heterocycles. The van der Waals surface area contributed by atoms with Crippen LogP contribution in [0.15, 0.2) is 24.3 Å². The van der Waals surface area contributed by atoms with Crippen molar-refractivity contribution in [1.29, 1.82) is 0 Å². The van der Waals surface area contributed by atoms with Gasteiger partial charge in [-0.1, -0.05) is 24.3 Å². The summed E-state index contributed by atoms with van der Waals surface area (Å²) < 4.78 is 7.97. The van der Waals surface area contributed by atoms with E-state index in [2.05, 4.69) is 48.8 Å². The molecule has 1 aliphatic rings. The number of benzene rings is 1. The van der Waals surface area contributed by atoms with Gasteiger partial charge >= 0.3 is 0 Å². The van der Waals surface area contributed by atoms with E-state index in [0.29, 0.717) is 6.61 Å². The molecule has 2 nitrogen and oxygen atoms in total. The first-order valence-electron chi connectivity index (χ1n) is 7.90. The number of nitrogens with zero attached hydrogens (tertiary/aromatic N) is 1. The highest BCUT2D eigenvalue weighted by Crippen LogP contribution is 2.34. The molecule has 1 heterocycles. The maximum absolute atomic E-state index is 6.25. The van der Waals surface area contributed by atoms with Gasteiger partial charge in [-0.3, -0.25) is 0 Å². The smallest absolute Gasteiger partial charge is 0.0719 e. The van der Waals surface area contributed by atoms with Crippen LogP contribution in [0.4, 0.5) is 0 Å². The Hall–Kier alpha value is -1.51. The highest BCUT2D eigenvalue weighted by atomic mass is 35.5. The van der Waals surface area contributed by atoms with Crippen molar-refractivity contribution >= 4 is 34.7 Å². The minimum absolute atomic E-state index is 0.0420. The number of hydrogen-bond acceptors (Lipinski definition) is 1. The molecule has 1 aromatic carbocycles.